The summed E-state index contributed by atoms with van der Waals surface area (Å²) in [5.41, 5.74) is 0.506. The van der Waals surface area contributed by atoms with Gasteiger partial charge in [0.25, 0.3) is 5.91 Å². The van der Waals surface area contributed by atoms with Gasteiger partial charge >= 0.3 is 5.69 Å². The highest BCUT2D eigenvalue weighted by Crippen LogP contribution is 2.40. The van der Waals surface area contributed by atoms with Gasteiger partial charge in [-0.25, -0.2) is 9.48 Å². The van der Waals surface area contributed by atoms with Crippen LogP contribution in [0.25, 0.3) is 0 Å². The van der Waals surface area contributed by atoms with Crippen LogP contribution in [-0.4, -0.2) is 58.1 Å². The molecule has 0 unspecified atom stereocenters. The van der Waals surface area contributed by atoms with E-state index in [1.165, 1.54) is 4.68 Å². The van der Waals surface area contributed by atoms with E-state index in [1.54, 1.807) is 19.2 Å². The first-order chi connectivity index (χ1) is 17.0. The summed E-state index contributed by atoms with van der Waals surface area (Å²) in [5, 5.41) is 4.61. The van der Waals surface area contributed by atoms with E-state index in [0.717, 1.165) is 44.3 Å². The minimum absolute atomic E-state index is 0.0216. The van der Waals surface area contributed by atoms with Crippen LogP contribution in [0.5, 0.6) is 17.2 Å². The summed E-state index contributed by atoms with van der Waals surface area (Å²) in [6.45, 7) is 8.32. The highest BCUT2D eigenvalue weighted by molar-refractivity contribution is 5.95. The summed E-state index contributed by atoms with van der Waals surface area (Å²) in [5.74, 6) is 2.58. The maximum atomic E-state index is 13.5. The van der Waals surface area contributed by atoms with Crippen LogP contribution in [0.3, 0.4) is 0 Å². The highest BCUT2D eigenvalue weighted by Gasteiger charge is 2.32. The molecule has 2 aromatic rings. The number of piperidine rings is 1. The van der Waals surface area contributed by atoms with E-state index in [4.69, 9.17) is 14.2 Å². The average molecular weight is 487 g/mol. The minimum atomic E-state index is -0.0531. The van der Waals surface area contributed by atoms with Gasteiger partial charge in [-0.2, -0.15) is 5.10 Å². The average Bonchev–Trinajstić information content (AvgIpc) is 3.49. The van der Waals surface area contributed by atoms with Crippen molar-refractivity contribution in [2.24, 2.45) is 7.05 Å². The van der Waals surface area contributed by atoms with Crippen LogP contribution in [0, 0.1) is 0 Å². The van der Waals surface area contributed by atoms with Crippen molar-refractivity contribution in [1.29, 1.82) is 0 Å². The van der Waals surface area contributed by atoms with Gasteiger partial charge < -0.3 is 19.1 Å². The molecule has 9 heteroatoms. The molecule has 192 valence electrons. The maximum Gasteiger partial charge on any atom is 0.345 e. The second-order valence-electron chi connectivity index (χ2n) is 9.24. The van der Waals surface area contributed by atoms with Gasteiger partial charge in [-0.05, 0) is 58.6 Å². The van der Waals surface area contributed by atoms with Gasteiger partial charge in [-0.3, -0.25) is 9.36 Å². The van der Waals surface area contributed by atoms with E-state index < -0.39 is 0 Å². The molecule has 4 rings (SSSR count). The van der Waals surface area contributed by atoms with Crippen LogP contribution in [0.1, 0.15) is 87.4 Å². The number of amides is 1. The molecule has 0 atom stereocenters. The van der Waals surface area contributed by atoms with Gasteiger partial charge in [0.15, 0.2) is 11.5 Å². The zero-order chi connectivity index (χ0) is 24.9. The molecule has 0 bridgehead atoms. The molecule has 9 nitrogen and oxygen atoms in total. The van der Waals surface area contributed by atoms with Gasteiger partial charge in [0, 0.05) is 37.7 Å². The normalized spacial score (nSPS) is 17.1. The molecule has 2 heterocycles. The fraction of sp³-hybridized carbons (Fsp3) is 0.654. The molecule has 1 aromatic heterocycles. The Morgan fingerprint density at radius 3 is 2.06 bits per heavy atom. The lowest BCUT2D eigenvalue weighted by Crippen LogP contribution is -2.39. The summed E-state index contributed by atoms with van der Waals surface area (Å²) in [6.07, 6.45) is 5.96. The number of nitrogens with zero attached hydrogens (tertiary/aromatic N) is 4. The SMILES string of the molecule is CCOc1cc(C(=O)N2CCC(c3nn(C)c(=O)n3C3CCCC3)CC2)cc(OCC)c1OCC. The topological polar surface area (TPSA) is 87.8 Å². The van der Waals surface area contributed by atoms with Gasteiger partial charge in [0.2, 0.25) is 5.75 Å². The van der Waals surface area contributed by atoms with E-state index in [-0.39, 0.29) is 23.6 Å². The Morgan fingerprint density at radius 2 is 1.51 bits per heavy atom. The van der Waals surface area contributed by atoms with E-state index in [1.807, 2.05) is 30.2 Å². The monoisotopic (exact) mass is 486 g/mol. The lowest BCUT2D eigenvalue weighted by molar-refractivity contribution is 0.0708. The number of carbonyl (C=O) groups excluding carboxylic acids is 1. The van der Waals surface area contributed by atoms with Crippen LogP contribution in [0.15, 0.2) is 16.9 Å². The van der Waals surface area contributed by atoms with Gasteiger partial charge in [0.1, 0.15) is 5.82 Å². The molecular formula is C26H38N4O5. The van der Waals surface area contributed by atoms with Crippen LogP contribution in [-0.2, 0) is 7.05 Å². The summed E-state index contributed by atoms with van der Waals surface area (Å²) in [6, 6.07) is 3.76. The summed E-state index contributed by atoms with van der Waals surface area (Å²) >= 11 is 0. The first-order valence-electron chi connectivity index (χ1n) is 13.0. The second-order valence-corrected chi connectivity index (χ2v) is 9.24. The molecule has 2 aliphatic rings. The summed E-state index contributed by atoms with van der Waals surface area (Å²) in [4.78, 5) is 28.1. The number of benzene rings is 1. The lowest BCUT2D eigenvalue weighted by atomic mass is 9.95. The highest BCUT2D eigenvalue weighted by atomic mass is 16.5. The Hall–Kier alpha value is -2.97. The van der Waals surface area contributed by atoms with E-state index >= 15 is 0 Å². The van der Waals surface area contributed by atoms with E-state index in [0.29, 0.717) is 55.7 Å². The molecule has 1 saturated heterocycles. The molecule has 0 N–H and O–H groups in total. The Bertz CT molecular complexity index is 1050. The first kappa shape index (κ1) is 25.1. The van der Waals surface area contributed by atoms with Crippen molar-refractivity contribution in [1.82, 2.24) is 19.2 Å². The predicted octanol–water partition coefficient (Wildman–Crippen LogP) is 3.91. The van der Waals surface area contributed by atoms with Crippen molar-refractivity contribution in [2.45, 2.75) is 71.3 Å². The molecule has 1 saturated carbocycles. The lowest BCUT2D eigenvalue weighted by Gasteiger charge is -2.32. The molecule has 1 aliphatic heterocycles. The Balaban J connectivity index is 1.52. The van der Waals surface area contributed by atoms with Gasteiger partial charge in [-0.15, -0.1) is 0 Å². The number of aryl methyl sites for hydroxylation is 1. The fourth-order valence-corrected chi connectivity index (χ4v) is 5.32. The van der Waals surface area contributed by atoms with Crippen LogP contribution < -0.4 is 19.9 Å². The Kier molecular flexibility index (Phi) is 8.03. The third kappa shape index (κ3) is 5.18. The predicted molar refractivity (Wildman–Crippen MR) is 133 cm³/mol. The molecule has 0 radical (unpaired) electrons. The minimum Gasteiger partial charge on any atom is -0.490 e. The Morgan fingerprint density at radius 1 is 0.943 bits per heavy atom. The summed E-state index contributed by atoms with van der Waals surface area (Å²) < 4.78 is 20.7. The molecule has 35 heavy (non-hydrogen) atoms. The standard InChI is InChI=1S/C26H38N4O5/c1-5-33-21-16-19(17-22(34-6-2)23(21)35-7-3)25(31)29-14-12-18(13-15-29)24-27-28(4)26(32)30(24)20-10-8-9-11-20/h16-18,20H,5-15H2,1-4H3. The van der Waals surface area contributed by atoms with Gasteiger partial charge in [-0.1, -0.05) is 12.8 Å². The maximum absolute atomic E-state index is 13.5. The zero-order valence-corrected chi connectivity index (χ0v) is 21.4. The summed E-state index contributed by atoms with van der Waals surface area (Å²) in [7, 11) is 1.73. The number of hydrogen-bond acceptors (Lipinski definition) is 6. The third-order valence-corrected chi connectivity index (χ3v) is 6.98. The van der Waals surface area contributed by atoms with Crippen molar-refractivity contribution >= 4 is 5.91 Å². The third-order valence-electron chi connectivity index (χ3n) is 6.98. The molecule has 1 aliphatic carbocycles. The van der Waals surface area contributed by atoms with Crippen LogP contribution in [0.2, 0.25) is 0 Å². The van der Waals surface area contributed by atoms with E-state index in [9.17, 15) is 9.59 Å². The number of hydrogen-bond donors (Lipinski definition) is 0. The number of rotatable bonds is 9. The van der Waals surface area contributed by atoms with Crippen molar-refractivity contribution in [3.05, 3.63) is 34.0 Å². The van der Waals surface area contributed by atoms with E-state index in [2.05, 4.69) is 5.10 Å². The van der Waals surface area contributed by atoms with Gasteiger partial charge in [0.05, 0.1) is 19.8 Å². The quantitative estimate of drug-likeness (QED) is 0.534. The van der Waals surface area contributed by atoms with Crippen molar-refractivity contribution in [2.75, 3.05) is 32.9 Å². The van der Waals surface area contributed by atoms with Crippen LogP contribution >= 0.6 is 0 Å². The Labute approximate surface area is 207 Å². The van der Waals surface area contributed by atoms with Crippen molar-refractivity contribution in [3.63, 3.8) is 0 Å². The van der Waals surface area contributed by atoms with Crippen molar-refractivity contribution in [3.8, 4) is 17.2 Å². The first-order valence-corrected chi connectivity index (χ1v) is 13.0. The van der Waals surface area contributed by atoms with Crippen LogP contribution in [0.4, 0.5) is 0 Å². The smallest absolute Gasteiger partial charge is 0.345 e. The fourth-order valence-electron chi connectivity index (χ4n) is 5.32. The number of ether oxygens (including phenoxy) is 3. The second kappa shape index (κ2) is 11.2. The molecule has 1 aromatic carbocycles. The number of aromatic nitrogens is 3. The molecular weight excluding hydrogens is 448 g/mol. The van der Waals surface area contributed by atoms with Crippen molar-refractivity contribution < 1.29 is 19.0 Å². The molecule has 0 spiro atoms. The number of likely N-dealkylation sites (tertiary alicyclic amines) is 1. The molecule has 2 fully saturated rings. The molecule has 1 amide bonds. The largest absolute Gasteiger partial charge is 0.490 e. The number of carbonyl (C=O) groups is 1. The zero-order valence-electron chi connectivity index (χ0n) is 21.4.